The molecule has 3 heteroatoms. The standard InChI is InChI=1S/C15H31NO2/c1-9-11(2)15(8,10-14(6,7)16)12(17)18-13(3,4)5/h11H,9-10,16H2,1-8H3. The van der Waals surface area contributed by atoms with Gasteiger partial charge >= 0.3 is 5.97 Å². The summed E-state index contributed by atoms with van der Waals surface area (Å²) < 4.78 is 5.58. The molecule has 2 atom stereocenters. The number of rotatable bonds is 5. The fourth-order valence-corrected chi connectivity index (χ4v) is 2.24. The third-order valence-corrected chi connectivity index (χ3v) is 3.39. The minimum absolute atomic E-state index is 0.136. The normalized spacial score (nSPS) is 18.1. The van der Waals surface area contributed by atoms with Crippen LogP contribution in [0.15, 0.2) is 0 Å². The van der Waals surface area contributed by atoms with Crippen LogP contribution in [0.25, 0.3) is 0 Å². The maximum absolute atomic E-state index is 12.5. The van der Waals surface area contributed by atoms with E-state index in [1.165, 1.54) is 0 Å². The van der Waals surface area contributed by atoms with Gasteiger partial charge in [-0.3, -0.25) is 4.79 Å². The topological polar surface area (TPSA) is 52.3 Å². The average Bonchev–Trinajstić information content (AvgIpc) is 2.10. The van der Waals surface area contributed by atoms with Crippen molar-refractivity contribution in [2.45, 2.75) is 79.4 Å². The van der Waals surface area contributed by atoms with Crippen LogP contribution in [0, 0.1) is 11.3 Å². The van der Waals surface area contributed by atoms with Gasteiger partial charge in [0, 0.05) is 5.54 Å². The summed E-state index contributed by atoms with van der Waals surface area (Å²) in [5.41, 5.74) is 4.75. The van der Waals surface area contributed by atoms with Gasteiger partial charge in [-0.05, 0) is 53.9 Å². The van der Waals surface area contributed by atoms with Crippen LogP contribution >= 0.6 is 0 Å². The smallest absolute Gasteiger partial charge is 0.312 e. The van der Waals surface area contributed by atoms with E-state index in [2.05, 4.69) is 13.8 Å². The van der Waals surface area contributed by atoms with E-state index < -0.39 is 11.0 Å². The molecular weight excluding hydrogens is 226 g/mol. The van der Waals surface area contributed by atoms with Crippen LogP contribution in [0.5, 0.6) is 0 Å². The summed E-state index contributed by atoms with van der Waals surface area (Å²) in [5.74, 6) is 0.109. The molecule has 0 aromatic heterocycles. The van der Waals surface area contributed by atoms with Gasteiger partial charge in [0.05, 0.1) is 5.41 Å². The maximum Gasteiger partial charge on any atom is 0.312 e. The second-order valence-electron chi connectivity index (χ2n) is 7.39. The predicted octanol–water partition coefficient (Wildman–Crippen LogP) is 3.51. The fourth-order valence-electron chi connectivity index (χ4n) is 2.24. The summed E-state index contributed by atoms with van der Waals surface area (Å²) in [6.45, 7) is 15.8. The van der Waals surface area contributed by atoms with Crippen molar-refractivity contribution in [3.8, 4) is 0 Å². The van der Waals surface area contributed by atoms with Crippen LogP contribution in [-0.2, 0) is 9.53 Å². The minimum atomic E-state index is -0.528. The number of hydrogen-bond acceptors (Lipinski definition) is 3. The predicted molar refractivity (Wildman–Crippen MR) is 76.3 cm³/mol. The van der Waals surface area contributed by atoms with Crippen molar-refractivity contribution < 1.29 is 9.53 Å². The van der Waals surface area contributed by atoms with E-state index in [9.17, 15) is 4.79 Å². The van der Waals surface area contributed by atoms with Crippen LogP contribution in [0.4, 0.5) is 0 Å². The SMILES string of the molecule is CCC(C)C(C)(CC(C)(C)N)C(=O)OC(C)(C)C. The van der Waals surface area contributed by atoms with Crippen LogP contribution in [0.1, 0.15) is 68.2 Å². The monoisotopic (exact) mass is 257 g/mol. The van der Waals surface area contributed by atoms with Crippen molar-refractivity contribution in [3.05, 3.63) is 0 Å². The van der Waals surface area contributed by atoms with Gasteiger partial charge in [-0.1, -0.05) is 20.3 Å². The Kier molecular flexibility index (Phi) is 5.42. The summed E-state index contributed by atoms with van der Waals surface area (Å²) in [6, 6.07) is 0. The summed E-state index contributed by atoms with van der Waals surface area (Å²) in [6.07, 6.45) is 1.57. The van der Waals surface area contributed by atoms with Crippen molar-refractivity contribution in [2.24, 2.45) is 17.1 Å². The summed E-state index contributed by atoms with van der Waals surface area (Å²) >= 11 is 0. The highest BCUT2D eigenvalue weighted by Gasteiger charge is 2.43. The van der Waals surface area contributed by atoms with Crippen LogP contribution < -0.4 is 5.73 Å². The summed E-state index contributed by atoms with van der Waals surface area (Å²) in [4.78, 5) is 12.5. The fraction of sp³-hybridized carbons (Fsp3) is 0.933. The molecule has 0 saturated heterocycles. The van der Waals surface area contributed by atoms with Crippen molar-refractivity contribution in [3.63, 3.8) is 0 Å². The van der Waals surface area contributed by atoms with Gasteiger partial charge in [0.25, 0.3) is 0 Å². The molecule has 0 heterocycles. The van der Waals surface area contributed by atoms with Gasteiger partial charge in [-0.25, -0.2) is 0 Å². The second kappa shape index (κ2) is 5.60. The van der Waals surface area contributed by atoms with E-state index in [0.717, 1.165) is 6.42 Å². The molecule has 3 nitrogen and oxygen atoms in total. The molecule has 0 bridgehead atoms. The lowest BCUT2D eigenvalue weighted by molar-refractivity contribution is -0.171. The molecule has 0 aromatic carbocycles. The highest BCUT2D eigenvalue weighted by atomic mass is 16.6. The highest BCUT2D eigenvalue weighted by molar-refractivity contribution is 5.77. The molecule has 0 radical (unpaired) electrons. The van der Waals surface area contributed by atoms with E-state index in [4.69, 9.17) is 10.5 Å². The molecule has 0 saturated carbocycles. The van der Waals surface area contributed by atoms with E-state index in [0.29, 0.717) is 6.42 Å². The van der Waals surface area contributed by atoms with Crippen molar-refractivity contribution in [1.82, 2.24) is 0 Å². The van der Waals surface area contributed by atoms with Crippen LogP contribution in [0.3, 0.4) is 0 Å². The van der Waals surface area contributed by atoms with Gasteiger partial charge in [-0.2, -0.15) is 0 Å². The molecule has 2 unspecified atom stereocenters. The zero-order valence-corrected chi connectivity index (χ0v) is 13.4. The Labute approximate surface area is 112 Å². The molecule has 0 aromatic rings. The summed E-state index contributed by atoms with van der Waals surface area (Å²) in [5, 5.41) is 0. The lowest BCUT2D eigenvalue weighted by Gasteiger charge is -2.39. The number of carbonyl (C=O) groups is 1. The van der Waals surface area contributed by atoms with Gasteiger partial charge in [0.15, 0.2) is 0 Å². The second-order valence-corrected chi connectivity index (χ2v) is 7.39. The zero-order valence-electron chi connectivity index (χ0n) is 13.4. The number of ether oxygens (including phenoxy) is 1. The molecule has 0 spiro atoms. The molecule has 0 aliphatic carbocycles. The third kappa shape index (κ3) is 5.38. The van der Waals surface area contributed by atoms with Crippen LogP contribution in [-0.4, -0.2) is 17.1 Å². The third-order valence-electron chi connectivity index (χ3n) is 3.39. The zero-order chi connectivity index (χ0) is 14.8. The number of esters is 1. The Balaban J connectivity index is 5.16. The quantitative estimate of drug-likeness (QED) is 0.767. The summed E-state index contributed by atoms with van der Waals surface area (Å²) in [7, 11) is 0. The van der Waals surface area contributed by atoms with Gasteiger partial charge in [0.1, 0.15) is 5.60 Å². The largest absolute Gasteiger partial charge is 0.460 e. The maximum atomic E-state index is 12.5. The van der Waals surface area contributed by atoms with Crippen molar-refractivity contribution in [2.75, 3.05) is 0 Å². The first-order chi connectivity index (χ1) is 7.82. The van der Waals surface area contributed by atoms with Crippen molar-refractivity contribution >= 4 is 5.97 Å². The molecule has 18 heavy (non-hydrogen) atoms. The molecule has 0 fully saturated rings. The Morgan fingerprint density at radius 3 is 1.89 bits per heavy atom. The van der Waals surface area contributed by atoms with Crippen molar-refractivity contribution in [1.29, 1.82) is 0 Å². The molecule has 0 aliphatic rings. The first-order valence-corrected chi connectivity index (χ1v) is 6.84. The van der Waals surface area contributed by atoms with E-state index in [1.807, 2.05) is 41.5 Å². The molecule has 0 aliphatic heterocycles. The van der Waals surface area contributed by atoms with Crippen LogP contribution in [0.2, 0.25) is 0 Å². The molecule has 0 amide bonds. The molecular formula is C15H31NO2. The highest BCUT2D eigenvalue weighted by Crippen LogP contribution is 2.39. The van der Waals surface area contributed by atoms with Gasteiger partial charge in [-0.15, -0.1) is 0 Å². The first-order valence-electron chi connectivity index (χ1n) is 6.84. The molecule has 2 N–H and O–H groups in total. The van der Waals surface area contributed by atoms with E-state index in [-0.39, 0.29) is 17.4 Å². The van der Waals surface area contributed by atoms with E-state index >= 15 is 0 Å². The Hall–Kier alpha value is -0.570. The Bertz CT molecular complexity index is 286. The molecule has 0 rings (SSSR count). The number of carbonyl (C=O) groups excluding carboxylic acids is 1. The Morgan fingerprint density at radius 2 is 1.61 bits per heavy atom. The van der Waals surface area contributed by atoms with Gasteiger partial charge in [0.2, 0.25) is 0 Å². The number of nitrogens with two attached hydrogens (primary N) is 1. The average molecular weight is 257 g/mol. The Morgan fingerprint density at radius 1 is 1.17 bits per heavy atom. The number of hydrogen-bond donors (Lipinski definition) is 1. The molecule has 108 valence electrons. The minimum Gasteiger partial charge on any atom is -0.460 e. The lowest BCUT2D eigenvalue weighted by Crippen LogP contribution is -2.47. The van der Waals surface area contributed by atoms with Gasteiger partial charge < -0.3 is 10.5 Å². The first kappa shape index (κ1) is 17.4. The van der Waals surface area contributed by atoms with E-state index in [1.54, 1.807) is 0 Å². The lowest BCUT2D eigenvalue weighted by atomic mass is 9.69.